The third-order valence-electron chi connectivity index (χ3n) is 5.18. The van der Waals surface area contributed by atoms with E-state index in [0.29, 0.717) is 49.6 Å². The SMILES string of the molecule is O=C(c1cc(-c2ccc(F)cc2)on1)N1CCN(Cc2cccc(C(F)(F)F)c2)CC1. The first-order chi connectivity index (χ1) is 14.8. The van der Waals surface area contributed by atoms with Crippen molar-refractivity contribution in [1.82, 2.24) is 15.0 Å². The summed E-state index contributed by atoms with van der Waals surface area (Å²) in [6, 6.07) is 12.5. The van der Waals surface area contributed by atoms with Crippen LogP contribution >= 0.6 is 0 Å². The highest BCUT2D eigenvalue weighted by molar-refractivity contribution is 5.93. The second-order valence-corrected chi connectivity index (χ2v) is 7.35. The molecule has 0 spiro atoms. The molecule has 1 amide bonds. The van der Waals surface area contributed by atoms with E-state index in [-0.39, 0.29) is 17.4 Å². The van der Waals surface area contributed by atoms with Gasteiger partial charge in [-0.25, -0.2) is 4.39 Å². The van der Waals surface area contributed by atoms with Crippen LogP contribution < -0.4 is 0 Å². The van der Waals surface area contributed by atoms with Crippen molar-refractivity contribution in [3.63, 3.8) is 0 Å². The van der Waals surface area contributed by atoms with E-state index in [1.165, 1.54) is 36.4 Å². The number of hydrogen-bond donors (Lipinski definition) is 0. The van der Waals surface area contributed by atoms with E-state index in [1.807, 2.05) is 4.90 Å². The van der Waals surface area contributed by atoms with E-state index in [9.17, 15) is 22.4 Å². The van der Waals surface area contributed by atoms with Gasteiger partial charge in [0.15, 0.2) is 11.5 Å². The van der Waals surface area contributed by atoms with E-state index in [2.05, 4.69) is 5.16 Å². The number of amides is 1. The van der Waals surface area contributed by atoms with E-state index < -0.39 is 11.7 Å². The second kappa shape index (κ2) is 8.50. The lowest BCUT2D eigenvalue weighted by Crippen LogP contribution is -2.48. The van der Waals surface area contributed by atoms with Gasteiger partial charge in [-0.2, -0.15) is 13.2 Å². The number of carbonyl (C=O) groups excluding carboxylic acids is 1. The Morgan fingerprint density at radius 2 is 1.71 bits per heavy atom. The fraction of sp³-hybridized carbons (Fsp3) is 0.273. The molecule has 0 unspecified atom stereocenters. The summed E-state index contributed by atoms with van der Waals surface area (Å²) in [5, 5.41) is 3.83. The zero-order valence-corrected chi connectivity index (χ0v) is 16.4. The molecule has 3 aromatic rings. The predicted octanol–water partition coefficient (Wildman–Crippen LogP) is 4.46. The van der Waals surface area contributed by atoms with Crippen molar-refractivity contribution in [1.29, 1.82) is 0 Å². The van der Waals surface area contributed by atoms with Crippen molar-refractivity contribution < 1.29 is 26.9 Å². The number of alkyl halides is 3. The van der Waals surface area contributed by atoms with Gasteiger partial charge in [0.2, 0.25) is 0 Å². The Labute approximate surface area is 175 Å². The molecule has 5 nitrogen and oxygen atoms in total. The van der Waals surface area contributed by atoms with Crippen molar-refractivity contribution in [2.45, 2.75) is 12.7 Å². The lowest BCUT2D eigenvalue weighted by atomic mass is 10.1. The van der Waals surface area contributed by atoms with E-state index >= 15 is 0 Å². The van der Waals surface area contributed by atoms with Crippen LogP contribution in [0.25, 0.3) is 11.3 Å². The standard InChI is InChI=1S/C22H19F4N3O2/c23-18-6-4-16(5-7-18)20-13-19(27-31-20)21(30)29-10-8-28(9-11-29)14-15-2-1-3-17(12-15)22(24,25)26/h1-7,12-13H,8-11,14H2. The molecule has 1 aliphatic rings. The van der Waals surface area contributed by atoms with Crippen molar-refractivity contribution in [3.05, 3.63) is 77.2 Å². The minimum absolute atomic E-state index is 0.158. The number of aromatic nitrogens is 1. The van der Waals surface area contributed by atoms with Gasteiger partial charge in [-0.3, -0.25) is 9.69 Å². The van der Waals surface area contributed by atoms with Crippen LogP contribution in [0.4, 0.5) is 17.6 Å². The van der Waals surface area contributed by atoms with Gasteiger partial charge in [0, 0.05) is 44.4 Å². The summed E-state index contributed by atoms with van der Waals surface area (Å²) in [6.45, 7) is 2.30. The number of nitrogens with zero attached hydrogens (tertiary/aromatic N) is 3. The number of piperazine rings is 1. The molecule has 0 bridgehead atoms. The summed E-state index contributed by atoms with van der Waals surface area (Å²) in [6.07, 6.45) is -4.37. The summed E-state index contributed by atoms with van der Waals surface area (Å²) in [5.41, 5.74) is 0.682. The molecule has 0 N–H and O–H groups in total. The smallest absolute Gasteiger partial charge is 0.355 e. The lowest BCUT2D eigenvalue weighted by molar-refractivity contribution is -0.137. The first kappa shape index (κ1) is 21.0. The van der Waals surface area contributed by atoms with Crippen LogP contribution in [0.5, 0.6) is 0 Å². The maximum absolute atomic E-state index is 13.1. The summed E-state index contributed by atoms with van der Waals surface area (Å²) in [4.78, 5) is 16.4. The van der Waals surface area contributed by atoms with Crippen LogP contribution in [-0.4, -0.2) is 47.0 Å². The van der Waals surface area contributed by atoms with Gasteiger partial charge < -0.3 is 9.42 Å². The molecule has 1 aromatic heterocycles. The molecule has 1 aliphatic heterocycles. The minimum atomic E-state index is -4.37. The number of benzene rings is 2. The first-order valence-electron chi connectivity index (χ1n) is 9.70. The van der Waals surface area contributed by atoms with Crippen LogP contribution in [-0.2, 0) is 12.7 Å². The highest BCUT2D eigenvalue weighted by Gasteiger charge is 2.31. The molecule has 1 saturated heterocycles. The quantitative estimate of drug-likeness (QED) is 0.571. The molecule has 0 saturated carbocycles. The number of hydrogen-bond acceptors (Lipinski definition) is 4. The van der Waals surface area contributed by atoms with Crippen LogP contribution in [0.15, 0.2) is 59.1 Å². The highest BCUT2D eigenvalue weighted by atomic mass is 19.4. The van der Waals surface area contributed by atoms with Crippen LogP contribution in [0.1, 0.15) is 21.6 Å². The predicted molar refractivity (Wildman–Crippen MR) is 105 cm³/mol. The molecule has 1 fully saturated rings. The van der Waals surface area contributed by atoms with E-state index in [0.717, 1.165) is 12.1 Å². The van der Waals surface area contributed by atoms with Crippen molar-refractivity contribution in [2.75, 3.05) is 26.2 Å². The highest BCUT2D eigenvalue weighted by Crippen LogP contribution is 2.30. The molecule has 2 aromatic carbocycles. The molecule has 31 heavy (non-hydrogen) atoms. The van der Waals surface area contributed by atoms with Crippen LogP contribution in [0.2, 0.25) is 0 Å². The lowest BCUT2D eigenvalue weighted by Gasteiger charge is -2.34. The Hall–Kier alpha value is -3.20. The van der Waals surface area contributed by atoms with E-state index in [4.69, 9.17) is 4.52 Å². The number of carbonyl (C=O) groups is 1. The summed E-state index contributed by atoms with van der Waals surface area (Å²) >= 11 is 0. The molecule has 0 aliphatic carbocycles. The summed E-state index contributed by atoms with van der Waals surface area (Å²) in [7, 11) is 0. The maximum Gasteiger partial charge on any atom is 0.416 e. The molecular weight excluding hydrogens is 414 g/mol. The molecule has 2 heterocycles. The Balaban J connectivity index is 1.35. The number of rotatable bonds is 4. The molecule has 9 heteroatoms. The van der Waals surface area contributed by atoms with Crippen molar-refractivity contribution >= 4 is 5.91 Å². The maximum atomic E-state index is 13.1. The summed E-state index contributed by atoms with van der Waals surface area (Å²) in [5.74, 6) is -0.287. The largest absolute Gasteiger partial charge is 0.416 e. The monoisotopic (exact) mass is 433 g/mol. The Bertz CT molecular complexity index is 1060. The first-order valence-corrected chi connectivity index (χ1v) is 9.70. The number of halogens is 4. The molecule has 0 radical (unpaired) electrons. The fourth-order valence-electron chi connectivity index (χ4n) is 3.50. The molecular formula is C22H19F4N3O2. The minimum Gasteiger partial charge on any atom is -0.355 e. The van der Waals surface area contributed by atoms with Gasteiger partial charge >= 0.3 is 6.18 Å². The average molecular weight is 433 g/mol. The fourth-order valence-corrected chi connectivity index (χ4v) is 3.50. The summed E-state index contributed by atoms with van der Waals surface area (Å²) < 4.78 is 56.9. The zero-order valence-electron chi connectivity index (χ0n) is 16.4. The van der Waals surface area contributed by atoms with Gasteiger partial charge in [0.05, 0.1) is 5.56 Å². The Kier molecular flexibility index (Phi) is 5.77. The third-order valence-corrected chi connectivity index (χ3v) is 5.18. The van der Waals surface area contributed by atoms with E-state index in [1.54, 1.807) is 11.0 Å². The third kappa shape index (κ3) is 4.93. The van der Waals surface area contributed by atoms with Gasteiger partial charge in [0.1, 0.15) is 5.82 Å². The normalized spacial score (nSPS) is 15.3. The van der Waals surface area contributed by atoms with Gasteiger partial charge in [-0.15, -0.1) is 0 Å². The Morgan fingerprint density at radius 3 is 2.39 bits per heavy atom. The zero-order chi connectivity index (χ0) is 22.0. The van der Waals surface area contributed by atoms with Gasteiger partial charge in [-0.1, -0.05) is 23.4 Å². The average Bonchev–Trinajstić information content (AvgIpc) is 3.24. The van der Waals surface area contributed by atoms with Crippen LogP contribution in [0, 0.1) is 5.82 Å². The van der Waals surface area contributed by atoms with Gasteiger partial charge in [0.25, 0.3) is 5.91 Å². The van der Waals surface area contributed by atoms with Crippen molar-refractivity contribution in [2.24, 2.45) is 0 Å². The van der Waals surface area contributed by atoms with Crippen LogP contribution in [0.3, 0.4) is 0 Å². The van der Waals surface area contributed by atoms with Crippen molar-refractivity contribution in [3.8, 4) is 11.3 Å². The van der Waals surface area contributed by atoms with Gasteiger partial charge in [-0.05, 0) is 35.9 Å². The second-order valence-electron chi connectivity index (χ2n) is 7.35. The molecule has 0 atom stereocenters. The Morgan fingerprint density at radius 1 is 1.00 bits per heavy atom. The molecule has 4 rings (SSSR count). The topological polar surface area (TPSA) is 49.6 Å². The molecule has 162 valence electrons.